The minimum atomic E-state index is -0.470. The summed E-state index contributed by atoms with van der Waals surface area (Å²) >= 11 is 3.35. The Morgan fingerprint density at radius 1 is 1.44 bits per heavy atom. The third kappa shape index (κ3) is 3.34. The van der Waals surface area contributed by atoms with E-state index < -0.39 is 5.97 Å². The molecule has 0 bridgehead atoms. The van der Waals surface area contributed by atoms with E-state index in [1.165, 1.54) is 7.11 Å². The Morgan fingerprint density at radius 3 is 2.69 bits per heavy atom. The molecule has 0 radical (unpaired) electrons. The van der Waals surface area contributed by atoms with Gasteiger partial charge in [-0.3, -0.25) is 9.59 Å². The second-order valence-corrected chi connectivity index (χ2v) is 4.08. The number of benzene rings is 1. The van der Waals surface area contributed by atoms with E-state index in [9.17, 15) is 9.59 Å². The van der Waals surface area contributed by atoms with Crippen LogP contribution in [0.15, 0.2) is 22.7 Å². The Bertz CT molecular complexity index is 418. The topological polar surface area (TPSA) is 55.4 Å². The van der Waals surface area contributed by atoms with Crippen molar-refractivity contribution in [1.82, 2.24) is 5.32 Å². The highest BCUT2D eigenvalue weighted by Gasteiger charge is 2.08. The fourth-order valence-corrected chi connectivity index (χ4v) is 1.36. The van der Waals surface area contributed by atoms with E-state index >= 15 is 0 Å². The predicted octanol–water partition coefficient (Wildman–Crippen LogP) is 1.66. The van der Waals surface area contributed by atoms with Gasteiger partial charge in [0.2, 0.25) is 0 Å². The predicted molar refractivity (Wildman–Crippen MR) is 63.2 cm³/mol. The lowest BCUT2D eigenvalue weighted by Crippen LogP contribution is -2.30. The second-order valence-electron chi connectivity index (χ2n) is 3.22. The number of hydrogen-bond acceptors (Lipinski definition) is 3. The van der Waals surface area contributed by atoms with Crippen LogP contribution in [-0.2, 0) is 9.53 Å². The minimum Gasteiger partial charge on any atom is -0.468 e. The van der Waals surface area contributed by atoms with Gasteiger partial charge >= 0.3 is 5.97 Å². The van der Waals surface area contributed by atoms with Crippen molar-refractivity contribution in [2.75, 3.05) is 13.7 Å². The summed E-state index contributed by atoms with van der Waals surface area (Å²) in [6, 6.07) is 5.22. The first-order valence-electron chi connectivity index (χ1n) is 4.65. The lowest BCUT2D eigenvalue weighted by Gasteiger charge is -2.05. The molecule has 0 aliphatic carbocycles. The third-order valence-corrected chi connectivity index (χ3v) is 2.93. The number of esters is 1. The first-order chi connectivity index (χ1) is 7.54. The van der Waals surface area contributed by atoms with Gasteiger partial charge in [0.15, 0.2) is 0 Å². The summed E-state index contributed by atoms with van der Waals surface area (Å²) in [7, 11) is 1.28. The van der Waals surface area contributed by atoms with Crippen molar-refractivity contribution in [3.8, 4) is 0 Å². The second kappa shape index (κ2) is 5.65. The van der Waals surface area contributed by atoms with Crippen LogP contribution in [0.3, 0.4) is 0 Å². The molecule has 0 spiro atoms. The van der Waals surface area contributed by atoms with Crippen molar-refractivity contribution in [3.05, 3.63) is 33.8 Å². The fraction of sp³-hybridized carbons (Fsp3) is 0.273. The van der Waals surface area contributed by atoms with Crippen LogP contribution < -0.4 is 5.32 Å². The number of ether oxygens (including phenoxy) is 1. The highest BCUT2D eigenvalue weighted by Crippen LogP contribution is 2.16. The van der Waals surface area contributed by atoms with Crippen molar-refractivity contribution >= 4 is 27.8 Å². The molecule has 0 heterocycles. The molecule has 1 aromatic rings. The van der Waals surface area contributed by atoms with Crippen LogP contribution in [-0.4, -0.2) is 25.5 Å². The standard InChI is InChI=1S/C11H12BrNO3/c1-7-5-8(3-4-9(7)12)11(15)13-6-10(14)16-2/h3-5H,6H2,1-2H3,(H,13,15). The molecule has 0 aliphatic rings. The van der Waals surface area contributed by atoms with E-state index in [0.717, 1.165) is 10.0 Å². The van der Waals surface area contributed by atoms with E-state index in [2.05, 4.69) is 26.0 Å². The number of carbonyl (C=O) groups excluding carboxylic acids is 2. The van der Waals surface area contributed by atoms with E-state index in [1.807, 2.05) is 6.92 Å². The Morgan fingerprint density at radius 2 is 2.12 bits per heavy atom. The Labute approximate surface area is 102 Å². The van der Waals surface area contributed by atoms with E-state index in [1.54, 1.807) is 18.2 Å². The molecule has 1 N–H and O–H groups in total. The summed E-state index contributed by atoms with van der Waals surface area (Å²) in [5, 5.41) is 2.47. The molecule has 0 aromatic heterocycles. The van der Waals surface area contributed by atoms with E-state index in [-0.39, 0.29) is 12.5 Å². The average Bonchev–Trinajstić information content (AvgIpc) is 2.29. The van der Waals surface area contributed by atoms with Gasteiger partial charge in [-0.1, -0.05) is 15.9 Å². The Kier molecular flexibility index (Phi) is 4.49. The van der Waals surface area contributed by atoms with Crippen LogP contribution in [0.5, 0.6) is 0 Å². The summed E-state index contributed by atoms with van der Waals surface area (Å²) in [6.45, 7) is 1.77. The summed E-state index contributed by atoms with van der Waals surface area (Å²) in [4.78, 5) is 22.4. The number of hydrogen-bond donors (Lipinski definition) is 1. The quantitative estimate of drug-likeness (QED) is 0.860. The van der Waals surface area contributed by atoms with Gasteiger partial charge < -0.3 is 10.1 Å². The zero-order valence-electron chi connectivity index (χ0n) is 9.04. The molecular formula is C11H12BrNO3. The molecule has 1 aromatic carbocycles. The summed E-state index contributed by atoms with van der Waals surface area (Å²) in [5.74, 6) is -0.761. The molecule has 0 saturated heterocycles. The molecule has 1 amide bonds. The van der Waals surface area contributed by atoms with Gasteiger partial charge in [-0.15, -0.1) is 0 Å². The maximum absolute atomic E-state index is 11.6. The maximum atomic E-state index is 11.6. The molecule has 1 rings (SSSR count). The van der Waals surface area contributed by atoms with Crippen LogP contribution in [0, 0.1) is 6.92 Å². The summed E-state index contributed by atoms with van der Waals surface area (Å²) in [5.41, 5.74) is 1.48. The zero-order chi connectivity index (χ0) is 12.1. The number of halogens is 1. The van der Waals surface area contributed by atoms with Crippen LogP contribution in [0.4, 0.5) is 0 Å². The molecular weight excluding hydrogens is 274 g/mol. The molecule has 5 heteroatoms. The lowest BCUT2D eigenvalue weighted by molar-refractivity contribution is -0.139. The smallest absolute Gasteiger partial charge is 0.325 e. The molecule has 0 aliphatic heterocycles. The van der Waals surface area contributed by atoms with Gasteiger partial charge in [0.05, 0.1) is 7.11 Å². The van der Waals surface area contributed by atoms with Gasteiger partial charge in [0.25, 0.3) is 5.91 Å². The van der Waals surface area contributed by atoms with Gasteiger partial charge in [0.1, 0.15) is 6.54 Å². The monoisotopic (exact) mass is 285 g/mol. The largest absolute Gasteiger partial charge is 0.468 e. The van der Waals surface area contributed by atoms with E-state index in [4.69, 9.17) is 0 Å². The average molecular weight is 286 g/mol. The van der Waals surface area contributed by atoms with Crippen LogP contribution in [0.2, 0.25) is 0 Å². The van der Waals surface area contributed by atoms with Crippen molar-refractivity contribution in [2.24, 2.45) is 0 Å². The highest BCUT2D eigenvalue weighted by atomic mass is 79.9. The normalized spacial score (nSPS) is 9.69. The number of rotatable bonds is 3. The van der Waals surface area contributed by atoms with Gasteiger partial charge in [0, 0.05) is 10.0 Å². The summed E-state index contributed by atoms with van der Waals surface area (Å²) in [6.07, 6.45) is 0. The highest BCUT2D eigenvalue weighted by molar-refractivity contribution is 9.10. The molecule has 0 saturated carbocycles. The summed E-state index contributed by atoms with van der Waals surface area (Å²) < 4.78 is 5.36. The molecule has 0 unspecified atom stereocenters. The molecule has 0 atom stereocenters. The van der Waals surface area contributed by atoms with Crippen LogP contribution in [0.1, 0.15) is 15.9 Å². The number of methoxy groups -OCH3 is 1. The van der Waals surface area contributed by atoms with Crippen molar-refractivity contribution < 1.29 is 14.3 Å². The Balaban J connectivity index is 2.66. The fourth-order valence-electron chi connectivity index (χ4n) is 1.11. The number of amides is 1. The van der Waals surface area contributed by atoms with E-state index in [0.29, 0.717) is 5.56 Å². The zero-order valence-corrected chi connectivity index (χ0v) is 10.6. The van der Waals surface area contributed by atoms with Crippen molar-refractivity contribution in [2.45, 2.75) is 6.92 Å². The molecule has 86 valence electrons. The first kappa shape index (κ1) is 12.7. The number of aryl methyl sites for hydroxylation is 1. The molecule has 4 nitrogen and oxygen atoms in total. The van der Waals surface area contributed by atoms with Gasteiger partial charge in [-0.05, 0) is 30.7 Å². The SMILES string of the molecule is COC(=O)CNC(=O)c1ccc(Br)c(C)c1. The van der Waals surface area contributed by atoms with Crippen molar-refractivity contribution in [3.63, 3.8) is 0 Å². The lowest BCUT2D eigenvalue weighted by atomic mass is 10.1. The molecule has 16 heavy (non-hydrogen) atoms. The maximum Gasteiger partial charge on any atom is 0.325 e. The number of nitrogens with one attached hydrogen (secondary N) is 1. The first-order valence-corrected chi connectivity index (χ1v) is 5.45. The Hall–Kier alpha value is -1.36. The molecule has 0 fully saturated rings. The van der Waals surface area contributed by atoms with Crippen LogP contribution >= 0.6 is 15.9 Å². The minimum absolute atomic E-state index is 0.121. The van der Waals surface area contributed by atoms with Crippen molar-refractivity contribution in [1.29, 1.82) is 0 Å². The van der Waals surface area contributed by atoms with Gasteiger partial charge in [-0.2, -0.15) is 0 Å². The third-order valence-electron chi connectivity index (χ3n) is 2.04. The van der Waals surface area contributed by atoms with Crippen LogP contribution in [0.25, 0.3) is 0 Å². The van der Waals surface area contributed by atoms with Gasteiger partial charge in [-0.25, -0.2) is 0 Å². The number of carbonyl (C=O) groups is 2.